The molecule has 0 fully saturated rings. The number of aromatic nitrogens is 2. The van der Waals surface area contributed by atoms with Crippen LogP contribution < -0.4 is 5.32 Å². The topological polar surface area (TPSA) is 42.2 Å². The predicted molar refractivity (Wildman–Crippen MR) is 74.3 cm³/mol. The molecular formula is C14H16F2N4. The van der Waals surface area contributed by atoms with Crippen LogP contribution in [0.3, 0.4) is 0 Å². The molecule has 4 nitrogen and oxygen atoms in total. The van der Waals surface area contributed by atoms with E-state index in [1.807, 2.05) is 13.0 Å². The first kappa shape index (κ1) is 13.0. The number of halogens is 2. The van der Waals surface area contributed by atoms with E-state index in [-0.39, 0.29) is 5.69 Å². The number of nitrogens with zero attached hydrogens (tertiary/aromatic N) is 3. The molecule has 3 rings (SSSR count). The molecule has 2 aromatic rings. The Morgan fingerprint density at radius 1 is 1.40 bits per heavy atom. The summed E-state index contributed by atoms with van der Waals surface area (Å²) in [5.41, 5.74) is 1.51. The van der Waals surface area contributed by atoms with Gasteiger partial charge in [-0.15, -0.1) is 0 Å². The van der Waals surface area contributed by atoms with Crippen LogP contribution in [-0.4, -0.2) is 28.7 Å². The number of para-hydroxylation sites is 1. The third-order valence-corrected chi connectivity index (χ3v) is 3.43. The number of hydrogen-bond acceptors (Lipinski definition) is 3. The van der Waals surface area contributed by atoms with Crippen molar-refractivity contribution in [1.29, 1.82) is 0 Å². The Morgan fingerprint density at radius 3 is 2.85 bits per heavy atom. The summed E-state index contributed by atoms with van der Waals surface area (Å²) in [6, 6.07) is 5.38. The van der Waals surface area contributed by atoms with Crippen LogP contribution in [-0.2, 0) is 12.5 Å². The van der Waals surface area contributed by atoms with Crippen LogP contribution in [0.1, 0.15) is 18.2 Å². The molecule has 1 aromatic heterocycles. The summed E-state index contributed by atoms with van der Waals surface area (Å²) < 4.78 is 29.1. The van der Waals surface area contributed by atoms with Gasteiger partial charge in [-0.2, -0.15) is 13.9 Å². The fraction of sp³-hybridized carbons (Fsp3) is 0.429. The summed E-state index contributed by atoms with van der Waals surface area (Å²) in [6.07, 6.45) is 0. The highest BCUT2D eigenvalue weighted by Gasteiger charge is 2.31. The van der Waals surface area contributed by atoms with Gasteiger partial charge in [0.25, 0.3) is 5.92 Å². The highest BCUT2D eigenvalue weighted by molar-refractivity contribution is 5.89. The van der Waals surface area contributed by atoms with E-state index < -0.39 is 5.92 Å². The molecule has 0 atom stereocenters. The molecule has 0 saturated heterocycles. The molecule has 0 unspecified atom stereocenters. The van der Waals surface area contributed by atoms with Crippen molar-refractivity contribution < 1.29 is 8.78 Å². The molecule has 106 valence electrons. The lowest BCUT2D eigenvalue weighted by Gasteiger charge is -2.06. The molecule has 6 heteroatoms. The Labute approximate surface area is 115 Å². The molecule has 0 radical (unpaired) electrons. The number of fused-ring (bicyclic) bond motifs is 1. The van der Waals surface area contributed by atoms with Crippen molar-refractivity contribution in [3.63, 3.8) is 0 Å². The number of nitrogens with one attached hydrogen (secondary N) is 1. The van der Waals surface area contributed by atoms with E-state index in [1.165, 1.54) is 0 Å². The molecule has 0 aliphatic carbocycles. The van der Waals surface area contributed by atoms with Gasteiger partial charge >= 0.3 is 0 Å². The van der Waals surface area contributed by atoms with Crippen molar-refractivity contribution in [2.24, 2.45) is 4.99 Å². The monoisotopic (exact) mass is 278 g/mol. The van der Waals surface area contributed by atoms with Crippen molar-refractivity contribution in [1.82, 2.24) is 15.1 Å². The van der Waals surface area contributed by atoms with E-state index in [9.17, 15) is 8.78 Å². The van der Waals surface area contributed by atoms with E-state index in [4.69, 9.17) is 0 Å². The minimum Gasteiger partial charge on any atom is -0.370 e. The lowest BCUT2D eigenvalue weighted by atomic mass is 10.1. The maximum absolute atomic E-state index is 13.7. The lowest BCUT2D eigenvalue weighted by molar-refractivity contribution is 0.0137. The van der Waals surface area contributed by atoms with Crippen LogP contribution in [0.2, 0.25) is 0 Å². The van der Waals surface area contributed by atoms with Crippen molar-refractivity contribution in [2.75, 3.05) is 13.1 Å². The maximum Gasteiger partial charge on any atom is 0.289 e. The molecule has 1 aliphatic rings. The van der Waals surface area contributed by atoms with Crippen molar-refractivity contribution in [3.05, 3.63) is 29.5 Å². The Kier molecular flexibility index (Phi) is 2.96. The van der Waals surface area contributed by atoms with Crippen molar-refractivity contribution in [2.45, 2.75) is 26.3 Å². The summed E-state index contributed by atoms with van der Waals surface area (Å²) in [7, 11) is 0. The van der Waals surface area contributed by atoms with E-state index in [1.54, 1.807) is 16.8 Å². The standard InChI is InChI=1S/C14H16F2N4/c1-9-4-3-5-10-12(9)20(8-11-17-6-7-18-11)19-13(10)14(2,15)16/h3-5H,6-8H2,1-2H3,(H,17,18). The Hall–Kier alpha value is -1.98. The summed E-state index contributed by atoms with van der Waals surface area (Å²) in [6.45, 7) is 4.71. The van der Waals surface area contributed by atoms with Crippen LogP contribution in [0.15, 0.2) is 23.2 Å². The number of rotatable bonds is 3. The van der Waals surface area contributed by atoms with Gasteiger partial charge in [-0.1, -0.05) is 18.2 Å². The maximum atomic E-state index is 13.7. The molecular weight excluding hydrogens is 262 g/mol. The van der Waals surface area contributed by atoms with E-state index in [0.717, 1.165) is 36.9 Å². The molecule has 0 amide bonds. The molecule has 0 saturated carbocycles. The minimum atomic E-state index is -2.96. The third kappa shape index (κ3) is 2.15. The fourth-order valence-corrected chi connectivity index (χ4v) is 2.55. The number of aliphatic imine (C=N–C) groups is 1. The van der Waals surface area contributed by atoms with Crippen LogP contribution >= 0.6 is 0 Å². The summed E-state index contributed by atoms with van der Waals surface area (Å²) >= 11 is 0. The SMILES string of the molecule is Cc1cccc2c(C(C)(F)F)nn(CC3=NCCN3)c12. The number of amidine groups is 1. The number of aryl methyl sites for hydroxylation is 1. The molecule has 1 aromatic carbocycles. The van der Waals surface area contributed by atoms with Gasteiger partial charge in [0.05, 0.1) is 18.6 Å². The number of hydrogen-bond donors (Lipinski definition) is 1. The van der Waals surface area contributed by atoms with Gasteiger partial charge in [0.1, 0.15) is 11.5 Å². The second-order valence-electron chi connectivity index (χ2n) is 5.12. The van der Waals surface area contributed by atoms with Crippen LogP contribution in [0.4, 0.5) is 8.78 Å². The van der Waals surface area contributed by atoms with E-state index >= 15 is 0 Å². The Balaban J connectivity index is 2.16. The van der Waals surface area contributed by atoms with Crippen molar-refractivity contribution in [3.8, 4) is 0 Å². The zero-order valence-electron chi connectivity index (χ0n) is 11.5. The van der Waals surface area contributed by atoms with Gasteiger partial charge in [-0.05, 0) is 12.5 Å². The lowest BCUT2D eigenvalue weighted by Crippen LogP contribution is -2.24. The van der Waals surface area contributed by atoms with Gasteiger partial charge in [-0.25, -0.2) is 0 Å². The third-order valence-electron chi connectivity index (χ3n) is 3.43. The van der Waals surface area contributed by atoms with Crippen LogP contribution in [0.25, 0.3) is 10.9 Å². The minimum absolute atomic E-state index is 0.171. The normalized spacial score (nSPS) is 15.5. The number of alkyl halides is 2. The van der Waals surface area contributed by atoms with Crippen LogP contribution in [0, 0.1) is 6.92 Å². The van der Waals surface area contributed by atoms with E-state index in [2.05, 4.69) is 15.4 Å². The summed E-state index contributed by atoms with van der Waals surface area (Å²) in [5.74, 6) is -2.16. The zero-order valence-corrected chi connectivity index (χ0v) is 11.5. The summed E-state index contributed by atoms with van der Waals surface area (Å²) in [4.78, 5) is 4.30. The van der Waals surface area contributed by atoms with Gasteiger partial charge in [-0.3, -0.25) is 9.67 Å². The second kappa shape index (κ2) is 4.54. The summed E-state index contributed by atoms with van der Waals surface area (Å²) in [5, 5.41) is 7.78. The first-order chi connectivity index (χ1) is 9.47. The highest BCUT2D eigenvalue weighted by atomic mass is 19.3. The van der Waals surface area contributed by atoms with E-state index in [0.29, 0.717) is 11.9 Å². The predicted octanol–water partition coefficient (Wildman–Crippen LogP) is 2.46. The van der Waals surface area contributed by atoms with Crippen LogP contribution in [0.5, 0.6) is 0 Å². The number of benzene rings is 1. The molecule has 20 heavy (non-hydrogen) atoms. The van der Waals surface area contributed by atoms with Gasteiger partial charge in [0.15, 0.2) is 0 Å². The Morgan fingerprint density at radius 2 is 2.20 bits per heavy atom. The fourth-order valence-electron chi connectivity index (χ4n) is 2.55. The van der Waals surface area contributed by atoms with Gasteiger partial charge < -0.3 is 5.32 Å². The largest absolute Gasteiger partial charge is 0.370 e. The highest BCUT2D eigenvalue weighted by Crippen LogP contribution is 2.33. The quantitative estimate of drug-likeness (QED) is 0.937. The molecule has 1 N–H and O–H groups in total. The average Bonchev–Trinajstić information content (AvgIpc) is 2.97. The molecule has 0 bridgehead atoms. The zero-order chi connectivity index (χ0) is 14.3. The van der Waals surface area contributed by atoms with Gasteiger partial charge in [0.2, 0.25) is 0 Å². The van der Waals surface area contributed by atoms with Gasteiger partial charge in [0, 0.05) is 18.9 Å². The second-order valence-corrected chi connectivity index (χ2v) is 5.12. The molecule has 1 aliphatic heterocycles. The molecule has 0 spiro atoms. The molecule has 2 heterocycles. The first-order valence-corrected chi connectivity index (χ1v) is 6.58. The Bertz CT molecular complexity index is 682. The first-order valence-electron chi connectivity index (χ1n) is 6.58. The average molecular weight is 278 g/mol. The smallest absolute Gasteiger partial charge is 0.289 e. The van der Waals surface area contributed by atoms with Crippen molar-refractivity contribution >= 4 is 16.7 Å².